The summed E-state index contributed by atoms with van der Waals surface area (Å²) >= 11 is 0. The number of carbonyl (C=O) groups excluding carboxylic acids is 3. The van der Waals surface area contributed by atoms with Crippen LogP contribution in [0.3, 0.4) is 0 Å². The highest BCUT2D eigenvalue weighted by Crippen LogP contribution is 2.38. The van der Waals surface area contributed by atoms with Crippen LogP contribution in [0.25, 0.3) is 6.08 Å². The van der Waals surface area contributed by atoms with Gasteiger partial charge in [-0.1, -0.05) is 12.1 Å². The third kappa shape index (κ3) is 4.45. The van der Waals surface area contributed by atoms with Crippen LogP contribution < -0.4 is 24.3 Å². The molecule has 31 heavy (non-hydrogen) atoms. The van der Waals surface area contributed by atoms with Gasteiger partial charge in [0.2, 0.25) is 5.75 Å². The number of imide groups is 2. The van der Waals surface area contributed by atoms with E-state index in [1.165, 1.54) is 27.4 Å². The van der Waals surface area contributed by atoms with E-state index in [0.29, 0.717) is 34.1 Å². The highest BCUT2D eigenvalue weighted by atomic mass is 16.5. The van der Waals surface area contributed by atoms with Crippen LogP contribution in [0, 0.1) is 0 Å². The lowest BCUT2D eigenvalue weighted by atomic mass is 10.1. The van der Waals surface area contributed by atoms with Crippen LogP contribution in [0.15, 0.2) is 42.0 Å². The smallest absolute Gasteiger partial charge is 0.331 e. The van der Waals surface area contributed by atoms with Crippen molar-refractivity contribution in [3.63, 3.8) is 0 Å². The van der Waals surface area contributed by atoms with Gasteiger partial charge in [-0.3, -0.25) is 19.8 Å². The van der Waals surface area contributed by atoms with Crippen molar-refractivity contribution in [2.75, 3.05) is 28.4 Å². The number of hydrogen-bond donors (Lipinski definition) is 1. The minimum atomic E-state index is -0.784. The van der Waals surface area contributed by atoms with Gasteiger partial charge in [-0.05, 0) is 41.5 Å². The Kier molecular flexibility index (Phi) is 6.44. The molecular formula is C22H22N2O7. The fourth-order valence-corrected chi connectivity index (χ4v) is 3.10. The van der Waals surface area contributed by atoms with E-state index in [1.807, 2.05) is 0 Å². The fourth-order valence-electron chi connectivity index (χ4n) is 3.10. The molecule has 1 heterocycles. The van der Waals surface area contributed by atoms with Crippen LogP contribution >= 0.6 is 0 Å². The number of benzene rings is 2. The molecule has 1 aliphatic rings. The molecule has 4 amide bonds. The van der Waals surface area contributed by atoms with Crippen LogP contribution in [0.2, 0.25) is 0 Å². The Morgan fingerprint density at radius 1 is 0.871 bits per heavy atom. The zero-order valence-electron chi connectivity index (χ0n) is 17.6. The molecule has 0 spiro atoms. The van der Waals surface area contributed by atoms with Crippen LogP contribution in [0.1, 0.15) is 11.1 Å². The highest BCUT2D eigenvalue weighted by molar-refractivity contribution is 6.31. The van der Waals surface area contributed by atoms with E-state index in [2.05, 4.69) is 5.32 Å². The van der Waals surface area contributed by atoms with Crippen molar-refractivity contribution < 1.29 is 33.3 Å². The summed E-state index contributed by atoms with van der Waals surface area (Å²) in [7, 11) is 5.94. The molecule has 9 nitrogen and oxygen atoms in total. The molecule has 0 aromatic heterocycles. The number of rotatable bonds is 7. The molecule has 0 bridgehead atoms. The van der Waals surface area contributed by atoms with Gasteiger partial charge in [0, 0.05) is 0 Å². The van der Waals surface area contributed by atoms with Crippen LogP contribution in [-0.2, 0) is 16.1 Å². The van der Waals surface area contributed by atoms with Gasteiger partial charge in [0.05, 0.1) is 35.0 Å². The summed E-state index contributed by atoms with van der Waals surface area (Å²) in [6.07, 6.45) is 1.37. The number of carbonyl (C=O) groups is 3. The lowest BCUT2D eigenvalue weighted by Crippen LogP contribution is -2.53. The predicted octanol–water partition coefficient (Wildman–Crippen LogP) is 2.38. The molecule has 1 fully saturated rings. The van der Waals surface area contributed by atoms with Crippen molar-refractivity contribution in [3.05, 3.63) is 53.1 Å². The molecule has 2 aromatic carbocycles. The van der Waals surface area contributed by atoms with E-state index in [4.69, 9.17) is 18.9 Å². The van der Waals surface area contributed by atoms with Gasteiger partial charge in [-0.25, -0.2) is 4.79 Å². The number of urea groups is 1. The van der Waals surface area contributed by atoms with Crippen molar-refractivity contribution in [1.82, 2.24) is 10.2 Å². The SMILES string of the molecule is COc1ccc(CN2C(=O)NC(=O)/C(=C\c3cc(OC)c(OC)c(OC)c3)C2=O)cc1. The first-order chi connectivity index (χ1) is 14.9. The topological polar surface area (TPSA) is 103 Å². The molecule has 1 N–H and O–H groups in total. The first-order valence-electron chi connectivity index (χ1n) is 9.23. The molecule has 162 valence electrons. The standard InChI is InChI=1S/C22H22N2O7/c1-28-15-7-5-13(6-8-15)12-24-21(26)16(20(25)23-22(24)27)9-14-10-17(29-2)19(31-4)18(11-14)30-3/h5-11H,12H2,1-4H3,(H,23,25,27)/b16-9+. The molecule has 0 aliphatic carbocycles. The predicted molar refractivity (Wildman–Crippen MR) is 111 cm³/mol. The van der Waals surface area contributed by atoms with Crippen LogP contribution in [0.5, 0.6) is 23.0 Å². The zero-order chi connectivity index (χ0) is 22.5. The third-order valence-corrected chi connectivity index (χ3v) is 4.68. The molecule has 0 atom stereocenters. The first-order valence-corrected chi connectivity index (χ1v) is 9.23. The van der Waals surface area contributed by atoms with Gasteiger partial charge < -0.3 is 18.9 Å². The molecule has 9 heteroatoms. The summed E-state index contributed by atoms with van der Waals surface area (Å²) in [5, 5.41) is 2.20. The number of hydrogen-bond acceptors (Lipinski definition) is 7. The zero-order valence-corrected chi connectivity index (χ0v) is 17.6. The molecule has 1 aliphatic heterocycles. The molecule has 3 rings (SSSR count). The molecule has 2 aromatic rings. The molecular weight excluding hydrogens is 404 g/mol. The monoisotopic (exact) mass is 426 g/mol. The first kappa shape index (κ1) is 21.7. The Bertz CT molecular complexity index is 1020. The maximum absolute atomic E-state index is 13.0. The Hall–Kier alpha value is -4.01. The molecule has 1 saturated heterocycles. The van der Waals surface area contributed by atoms with Crippen molar-refractivity contribution in [3.8, 4) is 23.0 Å². The number of barbiturate groups is 1. The minimum Gasteiger partial charge on any atom is -0.497 e. The second-order valence-corrected chi connectivity index (χ2v) is 6.52. The van der Waals surface area contributed by atoms with Crippen LogP contribution in [0.4, 0.5) is 4.79 Å². The van der Waals surface area contributed by atoms with Gasteiger partial charge in [0.25, 0.3) is 11.8 Å². The maximum Gasteiger partial charge on any atom is 0.331 e. The van der Waals surface area contributed by atoms with E-state index in [9.17, 15) is 14.4 Å². The minimum absolute atomic E-state index is 0.00542. The van der Waals surface area contributed by atoms with Crippen LogP contribution in [-0.4, -0.2) is 51.2 Å². The van der Waals surface area contributed by atoms with Crippen molar-refractivity contribution in [1.29, 1.82) is 0 Å². The highest BCUT2D eigenvalue weighted by Gasteiger charge is 2.35. The summed E-state index contributed by atoms with van der Waals surface area (Å²) < 4.78 is 21.0. The van der Waals surface area contributed by atoms with Gasteiger partial charge in [0.1, 0.15) is 11.3 Å². The van der Waals surface area contributed by atoms with E-state index < -0.39 is 17.8 Å². The Morgan fingerprint density at radius 2 is 1.48 bits per heavy atom. The number of amides is 4. The van der Waals surface area contributed by atoms with Gasteiger partial charge >= 0.3 is 6.03 Å². The summed E-state index contributed by atoms with van der Waals surface area (Å²) in [4.78, 5) is 38.6. The van der Waals surface area contributed by atoms with Crippen molar-refractivity contribution >= 4 is 23.9 Å². The Labute approximate surface area is 179 Å². The molecule has 0 radical (unpaired) electrons. The third-order valence-electron chi connectivity index (χ3n) is 4.68. The fraction of sp³-hybridized carbons (Fsp3) is 0.227. The average molecular weight is 426 g/mol. The largest absolute Gasteiger partial charge is 0.497 e. The molecule has 0 unspecified atom stereocenters. The number of nitrogens with zero attached hydrogens (tertiary/aromatic N) is 1. The summed E-state index contributed by atoms with van der Waals surface area (Å²) in [6, 6.07) is 9.32. The van der Waals surface area contributed by atoms with Gasteiger partial charge in [0.15, 0.2) is 11.5 Å². The number of methoxy groups -OCH3 is 4. The normalized spacial score (nSPS) is 15.0. The van der Waals surface area contributed by atoms with E-state index in [1.54, 1.807) is 43.5 Å². The second kappa shape index (κ2) is 9.21. The number of ether oxygens (including phenoxy) is 4. The number of nitrogens with one attached hydrogen (secondary N) is 1. The van der Waals surface area contributed by atoms with Crippen molar-refractivity contribution in [2.45, 2.75) is 6.54 Å². The van der Waals surface area contributed by atoms with Gasteiger partial charge in [-0.2, -0.15) is 0 Å². The average Bonchev–Trinajstić information content (AvgIpc) is 2.79. The lowest BCUT2D eigenvalue weighted by Gasteiger charge is -2.26. The quantitative estimate of drug-likeness (QED) is 0.536. The molecule has 0 saturated carbocycles. The van der Waals surface area contributed by atoms with E-state index in [-0.39, 0.29) is 12.1 Å². The van der Waals surface area contributed by atoms with E-state index >= 15 is 0 Å². The maximum atomic E-state index is 13.0. The Morgan fingerprint density at radius 3 is 2.00 bits per heavy atom. The van der Waals surface area contributed by atoms with Gasteiger partial charge in [-0.15, -0.1) is 0 Å². The second-order valence-electron chi connectivity index (χ2n) is 6.52. The van der Waals surface area contributed by atoms with Crippen molar-refractivity contribution in [2.24, 2.45) is 0 Å². The summed E-state index contributed by atoms with van der Waals surface area (Å²) in [6.45, 7) is -0.00542. The Balaban J connectivity index is 1.94. The lowest BCUT2D eigenvalue weighted by molar-refractivity contribution is -0.130. The van der Waals surface area contributed by atoms with E-state index in [0.717, 1.165) is 4.90 Å². The summed E-state index contributed by atoms with van der Waals surface area (Å²) in [5.41, 5.74) is 0.972. The summed E-state index contributed by atoms with van der Waals surface area (Å²) in [5.74, 6) is 0.263.